The first kappa shape index (κ1) is 30.6. The van der Waals surface area contributed by atoms with Crippen LogP contribution in [0, 0.1) is 0 Å². The van der Waals surface area contributed by atoms with Crippen LogP contribution in [0.1, 0.15) is 46.1 Å². The van der Waals surface area contributed by atoms with Gasteiger partial charge in [-0.25, -0.2) is 13.4 Å². The van der Waals surface area contributed by atoms with Gasteiger partial charge in [-0.05, 0) is 65.8 Å². The number of piperidine rings is 1. The second-order valence-corrected chi connectivity index (χ2v) is 14.2. The summed E-state index contributed by atoms with van der Waals surface area (Å²) in [5.74, 6) is -0.259. The van der Waals surface area contributed by atoms with Crippen LogP contribution in [0.2, 0.25) is 5.02 Å². The molecular formula is C26H37ClF3N7O2S. The van der Waals surface area contributed by atoms with E-state index in [1.165, 1.54) is 10.6 Å². The number of benzene rings is 1. The summed E-state index contributed by atoms with van der Waals surface area (Å²) in [6.07, 6.45) is -1.35. The van der Waals surface area contributed by atoms with Gasteiger partial charge in [0.05, 0.1) is 17.0 Å². The fourth-order valence-corrected chi connectivity index (χ4v) is 6.78. The molecule has 2 saturated heterocycles. The Balaban J connectivity index is 1.53. The van der Waals surface area contributed by atoms with Gasteiger partial charge in [0.1, 0.15) is 11.4 Å². The number of hydrogen-bond acceptors (Lipinski definition) is 8. The van der Waals surface area contributed by atoms with E-state index >= 15 is 0 Å². The van der Waals surface area contributed by atoms with E-state index in [0.29, 0.717) is 49.7 Å². The Kier molecular flexibility index (Phi) is 8.27. The van der Waals surface area contributed by atoms with E-state index in [0.717, 1.165) is 11.9 Å². The average molecular weight is 604 g/mol. The van der Waals surface area contributed by atoms with Crippen molar-refractivity contribution >= 4 is 44.8 Å². The third kappa shape index (κ3) is 6.75. The number of halogens is 4. The van der Waals surface area contributed by atoms with Gasteiger partial charge >= 0.3 is 6.18 Å². The van der Waals surface area contributed by atoms with Gasteiger partial charge in [0, 0.05) is 55.2 Å². The normalized spacial score (nSPS) is 20.9. The molecule has 0 spiro atoms. The number of alkyl halides is 3. The predicted octanol–water partition coefficient (Wildman–Crippen LogP) is 5.04. The Morgan fingerprint density at radius 2 is 1.65 bits per heavy atom. The maximum Gasteiger partial charge on any atom is 0.421 e. The van der Waals surface area contributed by atoms with Crippen molar-refractivity contribution in [2.24, 2.45) is 0 Å². The van der Waals surface area contributed by atoms with Crippen LogP contribution in [-0.2, 0) is 16.2 Å². The molecule has 4 rings (SSSR count). The van der Waals surface area contributed by atoms with Crippen molar-refractivity contribution in [3.05, 3.63) is 35.0 Å². The highest BCUT2D eigenvalue weighted by Crippen LogP contribution is 2.40. The second-order valence-electron chi connectivity index (χ2n) is 11.8. The Bertz CT molecular complexity index is 1330. The van der Waals surface area contributed by atoms with Crippen molar-refractivity contribution in [3.8, 4) is 0 Å². The maximum atomic E-state index is 13.9. The molecular weight excluding hydrogens is 567 g/mol. The number of piperazine rings is 1. The molecule has 2 aromatic rings. The van der Waals surface area contributed by atoms with E-state index in [9.17, 15) is 21.6 Å². The minimum absolute atomic E-state index is 0.00697. The van der Waals surface area contributed by atoms with Crippen molar-refractivity contribution < 1.29 is 21.6 Å². The number of hydrogen-bond donors (Lipinski definition) is 2. The number of anilines is 4. The van der Waals surface area contributed by atoms with Gasteiger partial charge in [-0.3, -0.25) is 4.90 Å². The average Bonchev–Trinajstić information content (AvgIpc) is 2.81. The van der Waals surface area contributed by atoms with Crippen molar-refractivity contribution in [3.63, 3.8) is 0 Å². The third-order valence-corrected chi connectivity index (χ3v) is 9.60. The molecule has 0 saturated carbocycles. The molecule has 14 heteroatoms. The molecule has 0 bridgehead atoms. The Labute approximate surface area is 239 Å². The van der Waals surface area contributed by atoms with Crippen LogP contribution in [0.5, 0.6) is 0 Å². The predicted molar refractivity (Wildman–Crippen MR) is 153 cm³/mol. The van der Waals surface area contributed by atoms with Gasteiger partial charge in [0.25, 0.3) is 0 Å². The van der Waals surface area contributed by atoms with Crippen LogP contribution >= 0.6 is 11.6 Å². The summed E-state index contributed by atoms with van der Waals surface area (Å²) in [6, 6.07) is 4.95. The zero-order valence-corrected chi connectivity index (χ0v) is 25.2. The zero-order chi connectivity index (χ0) is 29.7. The van der Waals surface area contributed by atoms with Crippen molar-refractivity contribution in [1.29, 1.82) is 0 Å². The topological polar surface area (TPSA) is 93.7 Å². The lowest BCUT2D eigenvalue weighted by Gasteiger charge is -2.53. The number of nitrogens with zero attached hydrogens (tertiary/aromatic N) is 5. The number of likely N-dealkylation sites (tertiary alicyclic amines) is 1. The summed E-state index contributed by atoms with van der Waals surface area (Å²) in [7, 11) is -1.21. The zero-order valence-electron chi connectivity index (χ0n) is 23.6. The largest absolute Gasteiger partial charge is 0.421 e. The van der Waals surface area contributed by atoms with Gasteiger partial charge in [0.2, 0.25) is 16.0 Å². The SMILES string of the molecule is CN1C(C)(C)CC(Nc2nc(Nc3ccc(N4CCN(S(C)(=O)=O)CC4)c(Cl)c3)ncc2C(F)(F)F)CC1(C)C. The number of aromatic nitrogens is 2. The van der Waals surface area contributed by atoms with E-state index in [4.69, 9.17) is 11.6 Å². The third-order valence-electron chi connectivity index (χ3n) is 8.00. The van der Waals surface area contributed by atoms with E-state index < -0.39 is 21.8 Å². The van der Waals surface area contributed by atoms with Crippen molar-refractivity contribution in [2.75, 3.05) is 55.0 Å². The standard InChI is InChI=1S/C26H37ClF3N7O2S/c1-24(2)14-18(15-25(3,4)35(24)5)32-22-19(26(28,29)30)16-31-23(34-22)33-17-7-8-21(20(27)13-17)36-9-11-37(12-10-36)40(6,38)39/h7-8,13,16,18H,9-12,14-15H2,1-6H3,(H2,31,32,33,34). The molecule has 2 aliphatic rings. The first-order chi connectivity index (χ1) is 18.4. The minimum atomic E-state index is -4.62. The lowest BCUT2D eigenvalue weighted by atomic mass is 9.77. The molecule has 2 N–H and O–H groups in total. The molecule has 0 aliphatic carbocycles. The highest BCUT2D eigenvalue weighted by Gasteiger charge is 2.44. The highest BCUT2D eigenvalue weighted by atomic mass is 35.5. The van der Waals surface area contributed by atoms with Gasteiger partial charge in [-0.2, -0.15) is 22.5 Å². The van der Waals surface area contributed by atoms with Crippen LogP contribution in [0.3, 0.4) is 0 Å². The molecule has 3 heterocycles. The summed E-state index contributed by atoms with van der Waals surface area (Å²) in [5.41, 5.74) is -0.113. The van der Waals surface area contributed by atoms with Gasteiger partial charge in [-0.15, -0.1) is 0 Å². The molecule has 1 aromatic carbocycles. The van der Waals surface area contributed by atoms with Gasteiger partial charge in [0.15, 0.2) is 0 Å². The molecule has 9 nitrogen and oxygen atoms in total. The lowest BCUT2D eigenvalue weighted by molar-refractivity contribution is -0.137. The molecule has 0 atom stereocenters. The van der Waals surface area contributed by atoms with Crippen LogP contribution in [0.25, 0.3) is 0 Å². The fraction of sp³-hybridized carbons (Fsp3) is 0.615. The Morgan fingerprint density at radius 3 is 2.17 bits per heavy atom. The first-order valence-electron chi connectivity index (χ1n) is 13.1. The highest BCUT2D eigenvalue weighted by molar-refractivity contribution is 7.88. The van der Waals surface area contributed by atoms with E-state index in [-0.39, 0.29) is 28.9 Å². The molecule has 0 unspecified atom stereocenters. The molecule has 0 radical (unpaired) electrons. The van der Waals surface area contributed by atoms with Gasteiger partial charge < -0.3 is 15.5 Å². The van der Waals surface area contributed by atoms with Crippen LogP contribution in [0.4, 0.5) is 36.3 Å². The molecule has 40 heavy (non-hydrogen) atoms. The van der Waals surface area contributed by atoms with Crippen molar-refractivity contribution in [2.45, 2.75) is 63.8 Å². The summed E-state index contributed by atoms with van der Waals surface area (Å²) in [5, 5.41) is 6.46. The van der Waals surface area contributed by atoms with E-state index in [1.807, 2.05) is 11.9 Å². The van der Waals surface area contributed by atoms with Crippen molar-refractivity contribution in [1.82, 2.24) is 19.2 Å². The smallest absolute Gasteiger partial charge is 0.368 e. The number of sulfonamides is 1. The summed E-state index contributed by atoms with van der Waals surface area (Å²) >= 11 is 6.55. The molecule has 0 amide bonds. The quantitative estimate of drug-likeness (QED) is 0.475. The monoisotopic (exact) mass is 603 g/mol. The number of rotatable bonds is 6. The van der Waals surface area contributed by atoms with Crippen LogP contribution < -0.4 is 15.5 Å². The maximum absolute atomic E-state index is 13.9. The molecule has 1 aromatic heterocycles. The molecule has 2 fully saturated rings. The molecule has 222 valence electrons. The van der Waals surface area contributed by atoms with Gasteiger partial charge in [-0.1, -0.05) is 11.6 Å². The Hall–Kier alpha value is -2.35. The summed E-state index contributed by atoms with van der Waals surface area (Å²) < 4.78 is 66.7. The van der Waals surface area contributed by atoms with E-state index in [1.54, 1.807) is 18.2 Å². The Morgan fingerprint density at radius 1 is 1.05 bits per heavy atom. The van der Waals surface area contributed by atoms with E-state index in [2.05, 4.69) is 53.2 Å². The summed E-state index contributed by atoms with van der Waals surface area (Å²) in [4.78, 5) is 12.4. The second kappa shape index (κ2) is 10.8. The first-order valence-corrected chi connectivity index (χ1v) is 15.3. The molecule has 2 aliphatic heterocycles. The fourth-order valence-electron chi connectivity index (χ4n) is 5.66. The lowest BCUT2D eigenvalue weighted by Crippen LogP contribution is -2.61. The summed E-state index contributed by atoms with van der Waals surface area (Å²) in [6.45, 7) is 10.0. The number of nitrogens with one attached hydrogen (secondary N) is 2. The minimum Gasteiger partial charge on any atom is -0.368 e. The van der Waals surface area contributed by atoms with Crippen LogP contribution in [-0.4, -0.2) is 84.2 Å². The van der Waals surface area contributed by atoms with Crippen LogP contribution in [0.15, 0.2) is 24.4 Å².